The van der Waals surface area contributed by atoms with Crippen LogP contribution < -0.4 is 5.32 Å². The van der Waals surface area contributed by atoms with E-state index in [1.807, 2.05) is 0 Å². The van der Waals surface area contributed by atoms with Gasteiger partial charge in [-0.2, -0.15) is 0 Å². The molecule has 21 heavy (non-hydrogen) atoms. The van der Waals surface area contributed by atoms with Gasteiger partial charge in [-0.05, 0) is 31.5 Å². The average molecular weight is 289 g/mol. The van der Waals surface area contributed by atoms with E-state index in [4.69, 9.17) is 4.42 Å². The fraction of sp³-hybridized carbons (Fsp3) is 0.312. The summed E-state index contributed by atoms with van der Waals surface area (Å²) < 4.78 is 5.36. The van der Waals surface area contributed by atoms with E-state index in [2.05, 4.69) is 5.32 Å². The van der Waals surface area contributed by atoms with Crippen molar-refractivity contribution in [2.45, 2.75) is 25.6 Å². The van der Waals surface area contributed by atoms with Crippen molar-refractivity contribution < 1.29 is 19.4 Å². The molecular weight excluding hydrogens is 270 g/mol. The quantitative estimate of drug-likeness (QED) is 0.781. The van der Waals surface area contributed by atoms with Crippen molar-refractivity contribution in [1.82, 2.24) is 5.32 Å². The summed E-state index contributed by atoms with van der Waals surface area (Å²) in [5.41, 5.74) is -0.830. The van der Waals surface area contributed by atoms with Crippen LogP contribution in [-0.2, 0) is 10.4 Å². The Hall–Kier alpha value is -2.11. The Morgan fingerprint density at radius 2 is 1.95 bits per heavy atom. The van der Waals surface area contributed by atoms with Gasteiger partial charge in [0.15, 0.2) is 6.10 Å². The van der Waals surface area contributed by atoms with Gasteiger partial charge in [-0.3, -0.25) is 4.79 Å². The van der Waals surface area contributed by atoms with Crippen LogP contribution in [-0.4, -0.2) is 22.7 Å². The van der Waals surface area contributed by atoms with Gasteiger partial charge in [0, 0.05) is 0 Å². The monoisotopic (exact) mass is 289 g/mol. The molecule has 2 unspecified atom stereocenters. The van der Waals surface area contributed by atoms with E-state index in [9.17, 15) is 15.0 Å². The Morgan fingerprint density at radius 3 is 2.52 bits per heavy atom. The Labute approximate surface area is 123 Å². The molecule has 0 aliphatic carbocycles. The molecule has 2 rings (SSSR count). The highest BCUT2D eigenvalue weighted by atomic mass is 16.4. The van der Waals surface area contributed by atoms with Crippen molar-refractivity contribution in [3.05, 3.63) is 59.5 Å². The SMILES string of the molecule is Cc1ccc(C(C)(O)CNC(=O)C(O)c2ccccc2)o1. The highest BCUT2D eigenvalue weighted by Gasteiger charge is 2.28. The summed E-state index contributed by atoms with van der Waals surface area (Å²) in [6.45, 7) is 3.26. The Morgan fingerprint density at radius 1 is 1.29 bits per heavy atom. The fourth-order valence-corrected chi connectivity index (χ4v) is 1.95. The van der Waals surface area contributed by atoms with Crippen LogP contribution in [0.5, 0.6) is 0 Å². The first-order valence-electron chi connectivity index (χ1n) is 6.70. The summed E-state index contributed by atoms with van der Waals surface area (Å²) in [6, 6.07) is 12.0. The van der Waals surface area contributed by atoms with Crippen molar-refractivity contribution in [1.29, 1.82) is 0 Å². The molecule has 112 valence electrons. The number of aryl methyl sites for hydroxylation is 1. The molecule has 1 aromatic heterocycles. The Kier molecular flexibility index (Phi) is 4.45. The maximum Gasteiger partial charge on any atom is 0.253 e. The summed E-state index contributed by atoms with van der Waals surface area (Å²) in [5, 5.41) is 22.8. The second-order valence-electron chi connectivity index (χ2n) is 5.22. The fourth-order valence-electron chi connectivity index (χ4n) is 1.95. The number of carbonyl (C=O) groups is 1. The molecule has 0 saturated carbocycles. The summed E-state index contributed by atoms with van der Waals surface area (Å²) in [4.78, 5) is 11.9. The first kappa shape index (κ1) is 15.3. The lowest BCUT2D eigenvalue weighted by molar-refractivity contribution is -0.131. The topological polar surface area (TPSA) is 82.7 Å². The molecule has 0 saturated heterocycles. The first-order chi connectivity index (χ1) is 9.90. The van der Waals surface area contributed by atoms with Crippen LogP contribution >= 0.6 is 0 Å². The Balaban J connectivity index is 1.97. The zero-order valence-electron chi connectivity index (χ0n) is 12.0. The van der Waals surface area contributed by atoms with Crippen LogP contribution in [0.15, 0.2) is 46.9 Å². The zero-order valence-corrected chi connectivity index (χ0v) is 12.0. The lowest BCUT2D eigenvalue weighted by atomic mass is 10.0. The van der Waals surface area contributed by atoms with Crippen molar-refractivity contribution in [3.63, 3.8) is 0 Å². The van der Waals surface area contributed by atoms with Gasteiger partial charge in [0.25, 0.3) is 5.91 Å². The van der Waals surface area contributed by atoms with Crippen LogP contribution in [0.1, 0.15) is 30.1 Å². The number of aliphatic hydroxyl groups is 2. The van der Waals surface area contributed by atoms with Gasteiger partial charge >= 0.3 is 0 Å². The second-order valence-corrected chi connectivity index (χ2v) is 5.22. The molecule has 0 radical (unpaired) electrons. The number of amides is 1. The van der Waals surface area contributed by atoms with Crippen LogP contribution in [0.25, 0.3) is 0 Å². The van der Waals surface area contributed by atoms with Gasteiger partial charge in [0.2, 0.25) is 0 Å². The normalized spacial score (nSPS) is 15.2. The van der Waals surface area contributed by atoms with Gasteiger partial charge < -0.3 is 19.9 Å². The summed E-state index contributed by atoms with van der Waals surface area (Å²) in [5.74, 6) is 0.486. The van der Waals surface area contributed by atoms with Crippen LogP contribution in [0.2, 0.25) is 0 Å². The lowest BCUT2D eigenvalue weighted by Gasteiger charge is -2.22. The molecule has 0 aliphatic rings. The Bertz CT molecular complexity index is 604. The standard InChI is InChI=1S/C16H19NO4/c1-11-8-9-13(21-11)16(2,20)10-17-15(19)14(18)12-6-4-3-5-7-12/h3-9,14,18,20H,10H2,1-2H3,(H,17,19). The van der Waals surface area contributed by atoms with Crippen LogP contribution in [0.3, 0.4) is 0 Å². The number of benzene rings is 1. The third kappa shape index (κ3) is 3.71. The van der Waals surface area contributed by atoms with Gasteiger partial charge in [-0.15, -0.1) is 0 Å². The molecular formula is C16H19NO4. The minimum absolute atomic E-state index is 0.0529. The minimum Gasteiger partial charge on any atom is -0.463 e. The smallest absolute Gasteiger partial charge is 0.253 e. The maximum absolute atomic E-state index is 11.9. The van der Waals surface area contributed by atoms with Gasteiger partial charge in [-0.25, -0.2) is 0 Å². The van der Waals surface area contributed by atoms with Crippen LogP contribution in [0.4, 0.5) is 0 Å². The van der Waals surface area contributed by atoms with E-state index >= 15 is 0 Å². The van der Waals surface area contributed by atoms with E-state index in [1.165, 1.54) is 0 Å². The number of hydrogen-bond donors (Lipinski definition) is 3. The van der Waals surface area contributed by atoms with Crippen LogP contribution in [0, 0.1) is 6.92 Å². The lowest BCUT2D eigenvalue weighted by Crippen LogP contribution is -2.40. The molecule has 0 bridgehead atoms. The minimum atomic E-state index is -1.33. The summed E-state index contributed by atoms with van der Waals surface area (Å²) in [6.07, 6.45) is -1.26. The summed E-state index contributed by atoms with van der Waals surface area (Å²) in [7, 11) is 0. The van der Waals surface area contributed by atoms with Crippen molar-refractivity contribution in [2.75, 3.05) is 6.54 Å². The largest absolute Gasteiger partial charge is 0.463 e. The first-order valence-corrected chi connectivity index (χ1v) is 6.70. The molecule has 1 amide bonds. The number of carbonyl (C=O) groups excluding carboxylic acids is 1. The third-order valence-electron chi connectivity index (χ3n) is 3.24. The van der Waals surface area contributed by atoms with Crippen molar-refractivity contribution in [3.8, 4) is 0 Å². The number of furan rings is 1. The molecule has 0 aliphatic heterocycles. The summed E-state index contributed by atoms with van der Waals surface area (Å²) >= 11 is 0. The molecule has 3 N–H and O–H groups in total. The third-order valence-corrected chi connectivity index (χ3v) is 3.24. The molecule has 1 heterocycles. The predicted molar refractivity (Wildman–Crippen MR) is 77.4 cm³/mol. The molecule has 5 nitrogen and oxygen atoms in total. The molecule has 0 spiro atoms. The van der Waals surface area contributed by atoms with E-state index in [0.717, 1.165) is 0 Å². The van der Waals surface area contributed by atoms with Gasteiger partial charge in [0.05, 0.1) is 6.54 Å². The van der Waals surface area contributed by atoms with E-state index in [0.29, 0.717) is 17.1 Å². The number of rotatable bonds is 5. The van der Waals surface area contributed by atoms with E-state index < -0.39 is 17.6 Å². The van der Waals surface area contributed by atoms with Gasteiger partial charge in [0.1, 0.15) is 17.1 Å². The number of hydrogen-bond acceptors (Lipinski definition) is 4. The zero-order chi connectivity index (χ0) is 15.5. The highest BCUT2D eigenvalue weighted by molar-refractivity contribution is 5.81. The van der Waals surface area contributed by atoms with E-state index in [-0.39, 0.29) is 6.54 Å². The number of aliphatic hydroxyl groups excluding tert-OH is 1. The molecule has 5 heteroatoms. The van der Waals surface area contributed by atoms with Gasteiger partial charge in [-0.1, -0.05) is 30.3 Å². The van der Waals surface area contributed by atoms with Crippen molar-refractivity contribution in [2.24, 2.45) is 0 Å². The van der Waals surface area contributed by atoms with Crippen molar-refractivity contribution >= 4 is 5.91 Å². The average Bonchev–Trinajstić information content (AvgIpc) is 2.92. The predicted octanol–water partition coefficient (Wildman–Crippen LogP) is 1.65. The maximum atomic E-state index is 11.9. The second kappa shape index (κ2) is 6.11. The molecule has 2 atom stereocenters. The molecule has 1 aromatic carbocycles. The molecule has 0 fully saturated rings. The highest BCUT2D eigenvalue weighted by Crippen LogP contribution is 2.22. The number of nitrogens with one attached hydrogen (secondary N) is 1. The van der Waals surface area contributed by atoms with E-state index in [1.54, 1.807) is 56.3 Å². The molecule has 2 aromatic rings.